The van der Waals surface area contributed by atoms with Crippen LogP contribution in [-0.4, -0.2) is 10.9 Å². The van der Waals surface area contributed by atoms with Crippen molar-refractivity contribution in [2.24, 2.45) is 0 Å². The van der Waals surface area contributed by atoms with Gasteiger partial charge in [-0.2, -0.15) is 0 Å². The van der Waals surface area contributed by atoms with Gasteiger partial charge in [-0.05, 0) is 43.3 Å². The smallest absolute Gasteiger partial charge is 0.255 e. The SMILES string of the molecule is Cc1ccc(NC(=O)c2ccccc2)c(-c2nc3ccccc3s2)c1. The molecule has 0 aliphatic heterocycles. The monoisotopic (exact) mass is 344 g/mol. The van der Waals surface area contributed by atoms with Gasteiger partial charge in [0, 0.05) is 11.1 Å². The van der Waals surface area contributed by atoms with Gasteiger partial charge in [-0.3, -0.25) is 4.79 Å². The van der Waals surface area contributed by atoms with Crippen LogP contribution in [0, 0.1) is 6.92 Å². The number of carbonyl (C=O) groups excluding carboxylic acids is 1. The van der Waals surface area contributed by atoms with Crippen molar-refractivity contribution in [1.29, 1.82) is 0 Å². The Balaban J connectivity index is 1.75. The number of anilines is 1. The van der Waals surface area contributed by atoms with Crippen molar-refractivity contribution in [2.45, 2.75) is 6.92 Å². The molecule has 0 saturated carbocycles. The Hall–Kier alpha value is -2.98. The van der Waals surface area contributed by atoms with Gasteiger partial charge in [0.15, 0.2) is 0 Å². The summed E-state index contributed by atoms with van der Waals surface area (Å²) in [4.78, 5) is 17.3. The van der Waals surface area contributed by atoms with Crippen molar-refractivity contribution < 1.29 is 4.79 Å². The van der Waals surface area contributed by atoms with Crippen molar-refractivity contribution in [1.82, 2.24) is 4.98 Å². The zero-order chi connectivity index (χ0) is 17.2. The number of benzene rings is 3. The van der Waals surface area contributed by atoms with E-state index in [0.717, 1.165) is 32.0 Å². The minimum atomic E-state index is -0.119. The number of nitrogens with zero attached hydrogens (tertiary/aromatic N) is 1. The summed E-state index contributed by atoms with van der Waals surface area (Å²) in [6, 6.07) is 23.3. The molecular weight excluding hydrogens is 328 g/mol. The van der Waals surface area contributed by atoms with Crippen LogP contribution in [0.4, 0.5) is 5.69 Å². The summed E-state index contributed by atoms with van der Waals surface area (Å²) in [5.41, 5.74) is 4.47. The molecule has 0 spiro atoms. The molecule has 4 heteroatoms. The Bertz CT molecular complexity index is 1020. The summed E-state index contributed by atoms with van der Waals surface area (Å²) < 4.78 is 1.14. The number of amides is 1. The standard InChI is InChI=1S/C21H16N2OS/c1-14-11-12-17(22-20(24)15-7-3-2-4-8-15)16(13-14)21-23-18-9-5-6-10-19(18)25-21/h2-13H,1H3,(H,22,24). The highest BCUT2D eigenvalue weighted by Crippen LogP contribution is 2.35. The predicted octanol–water partition coefficient (Wildman–Crippen LogP) is 5.52. The minimum absolute atomic E-state index is 0.119. The summed E-state index contributed by atoms with van der Waals surface area (Å²) in [6.07, 6.45) is 0. The molecule has 25 heavy (non-hydrogen) atoms. The second-order valence-electron chi connectivity index (χ2n) is 5.86. The van der Waals surface area contributed by atoms with Crippen molar-refractivity contribution in [2.75, 3.05) is 5.32 Å². The molecule has 3 aromatic carbocycles. The third kappa shape index (κ3) is 3.16. The summed E-state index contributed by atoms with van der Waals surface area (Å²) in [7, 11) is 0. The Labute approximate surface area is 150 Å². The summed E-state index contributed by atoms with van der Waals surface area (Å²) in [5, 5.41) is 3.94. The fourth-order valence-electron chi connectivity index (χ4n) is 2.72. The topological polar surface area (TPSA) is 42.0 Å². The first-order chi connectivity index (χ1) is 12.2. The fourth-order valence-corrected chi connectivity index (χ4v) is 3.71. The van der Waals surface area contributed by atoms with Gasteiger partial charge >= 0.3 is 0 Å². The molecule has 0 aliphatic rings. The largest absolute Gasteiger partial charge is 0.321 e. The first-order valence-corrected chi connectivity index (χ1v) is 8.85. The van der Waals surface area contributed by atoms with Crippen LogP contribution in [0.3, 0.4) is 0 Å². The lowest BCUT2D eigenvalue weighted by atomic mass is 10.1. The maximum absolute atomic E-state index is 12.5. The first kappa shape index (κ1) is 15.5. The van der Waals surface area contributed by atoms with Gasteiger partial charge in [-0.25, -0.2) is 4.98 Å². The van der Waals surface area contributed by atoms with Crippen LogP contribution < -0.4 is 5.32 Å². The van der Waals surface area contributed by atoms with Gasteiger partial charge in [0.1, 0.15) is 5.01 Å². The predicted molar refractivity (Wildman–Crippen MR) is 104 cm³/mol. The molecule has 0 bridgehead atoms. The van der Waals surface area contributed by atoms with Crippen molar-refractivity contribution in [3.05, 3.63) is 83.9 Å². The second kappa shape index (κ2) is 6.49. The third-order valence-electron chi connectivity index (χ3n) is 3.98. The minimum Gasteiger partial charge on any atom is -0.321 e. The molecule has 1 aromatic heterocycles. The van der Waals surface area contributed by atoms with Gasteiger partial charge in [0.2, 0.25) is 0 Å². The van der Waals surface area contributed by atoms with E-state index in [1.165, 1.54) is 0 Å². The van der Waals surface area contributed by atoms with E-state index in [1.54, 1.807) is 23.5 Å². The first-order valence-electron chi connectivity index (χ1n) is 8.04. The molecular formula is C21H16N2OS. The van der Waals surface area contributed by atoms with E-state index in [-0.39, 0.29) is 5.91 Å². The normalized spacial score (nSPS) is 10.8. The quantitative estimate of drug-likeness (QED) is 0.531. The lowest BCUT2D eigenvalue weighted by Crippen LogP contribution is -2.12. The number of aromatic nitrogens is 1. The number of rotatable bonds is 3. The Morgan fingerprint density at radius 2 is 1.72 bits per heavy atom. The molecule has 0 unspecified atom stereocenters. The average Bonchev–Trinajstić information content (AvgIpc) is 3.08. The van der Waals surface area contributed by atoms with Gasteiger partial charge < -0.3 is 5.32 Å². The molecule has 0 atom stereocenters. The molecule has 4 aromatic rings. The van der Waals surface area contributed by atoms with E-state index >= 15 is 0 Å². The van der Waals surface area contributed by atoms with Crippen LogP contribution in [0.15, 0.2) is 72.8 Å². The van der Waals surface area contributed by atoms with Crippen LogP contribution >= 0.6 is 11.3 Å². The Morgan fingerprint density at radius 1 is 0.960 bits per heavy atom. The molecule has 3 nitrogen and oxygen atoms in total. The van der Waals surface area contributed by atoms with E-state index < -0.39 is 0 Å². The van der Waals surface area contributed by atoms with Gasteiger partial charge in [0.05, 0.1) is 15.9 Å². The van der Waals surface area contributed by atoms with Crippen LogP contribution in [0.25, 0.3) is 20.8 Å². The Morgan fingerprint density at radius 3 is 2.52 bits per heavy atom. The highest BCUT2D eigenvalue weighted by Gasteiger charge is 2.14. The number of nitrogens with one attached hydrogen (secondary N) is 1. The molecule has 0 fully saturated rings. The number of thiazole rings is 1. The summed E-state index contributed by atoms with van der Waals surface area (Å²) in [5.74, 6) is -0.119. The highest BCUT2D eigenvalue weighted by molar-refractivity contribution is 7.21. The number of aryl methyl sites for hydroxylation is 1. The number of hydrogen-bond acceptors (Lipinski definition) is 3. The molecule has 0 radical (unpaired) electrons. The van der Waals surface area contributed by atoms with Gasteiger partial charge in [-0.1, -0.05) is 42.0 Å². The fraction of sp³-hybridized carbons (Fsp3) is 0.0476. The number of hydrogen-bond donors (Lipinski definition) is 1. The van der Waals surface area contributed by atoms with Crippen LogP contribution in [0.2, 0.25) is 0 Å². The number of carbonyl (C=O) groups is 1. The molecule has 4 rings (SSSR count). The average molecular weight is 344 g/mol. The molecule has 122 valence electrons. The highest BCUT2D eigenvalue weighted by atomic mass is 32.1. The maximum atomic E-state index is 12.5. The number of fused-ring (bicyclic) bond motifs is 1. The van der Waals surface area contributed by atoms with Crippen LogP contribution in [0.1, 0.15) is 15.9 Å². The zero-order valence-corrected chi connectivity index (χ0v) is 14.5. The third-order valence-corrected chi connectivity index (χ3v) is 5.05. The lowest BCUT2D eigenvalue weighted by molar-refractivity contribution is 0.102. The molecule has 1 amide bonds. The Kier molecular flexibility index (Phi) is 4.04. The van der Waals surface area contributed by atoms with E-state index in [9.17, 15) is 4.79 Å². The van der Waals surface area contributed by atoms with Crippen LogP contribution in [0.5, 0.6) is 0 Å². The van der Waals surface area contributed by atoms with Crippen molar-refractivity contribution >= 4 is 33.1 Å². The molecule has 1 N–H and O–H groups in total. The van der Waals surface area contributed by atoms with E-state index in [0.29, 0.717) is 5.56 Å². The second-order valence-corrected chi connectivity index (χ2v) is 6.89. The molecule has 0 saturated heterocycles. The maximum Gasteiger partial charge on any atom is 0.255 e. The molecule has 1 heterocycles. The van der Waals surface area contributed by atoms with Gasteiger partial charge in [-0.15, -0.1) is 11.3 Å². The van der Waals surface area contributed by atoms with Crippen molar-refractivity contribution in [3.8, 4) is 10.6 Å². The molecule has 0 aliphatic carbocycles. The van der Waals surface area contributed by atoms with Crippen LogP contribution in [-0.2, 0) is 0 Å². The zero-order valence-electron chi connectivity index (χ0n) is 13.7. The van der Waals surface area contributed by atoms with E-state index in [1.807, 2.05) is 55.5 Å². The van der Waals surface area contributed by atoms with E-state index in [2.05, 4.69) is 17.4 Å². The van der Waals surface area contributed by atoms with Gasteiger partial charge in [0.25, 0.3) is 5.91 Å². The van der Waals surface area contributed by atoms with Crippen molar-refractivity contribution in [3.63, 3.8) is 0 Å². The summed E-state index contributed by atoms with van der Waals surface area (Å²) in [6.45, 7) is 2.04. The van der Waals surface area contributed by atoms with E-state index in [4.69, 9.17) is 4.98 Å². The summed E-state index contributed by atoms with van der Waals surface area (Å²) >= 11 is 1.63. The lowest BCUT2D eigenvalue weighted by Gasteiger charge is -2.10. The number of para-hydroxylation sites is 1.